The van der Waals surface area contributed by atoms with Gasteiger partial charge < -0.3 is 15.8 Å². The smallest absolute Gasteiger partial charge is 0.410 e. The van der Waals surface area contributed by atoms with Crippen LogP contribution in [-0.4, -0.2) is 18.0 Å². The standard InChI is InChI=1S/C20H22N2O3.C2H6/c21-19(23)16-8-4-6-14(12-16)15-7-5-11-18(13-15)25-20(24)22-17-9-2-1-3-10-17;1-2/h4-8,11-13,17H,1-3,9-10H2,(H2,21,23)(H,22,24);1-2H3. The van der Waals surface area contributed by atoms with Crippen LogP contribution in [0.3, 0.4) is 0 Å². The first-order valence-corrected chi connectivity index (χ1v) is 9.60. The molecule has 5 heteroatoms. The maximum atomic E-state index is 12.1. The Morgan fingerprint density at radius 1 is 0.963 bits per heavy atom. The maximum absolute atomic E-state index is 12.1. The second-order valence-electron chi connectivity index (χ2n) is 6.34. The van der Waals surface area contributed by atoms with E-state index in [1.54, 1.807) is 30.3 Å². The van der Waals surface area contributed by atoms with Gasteiger partial charge in [-0.2, -0.15) is 0 Å². The molecule has 0 aromatic heterocycles. The van der Waals surface area contributed by atoms with Gasteiger partial charge in [0.2, 0.25) is 5.91 Å². The van der Waals surface area contributed by atoms with E-state index in [1.807, 2.05) is 32.0 Å². The quantitative estimate of drug-likeness (QED) is 0.805. The van der Waals surface area contributed by atoms with Crippen molar-refractivity contribution in [1.29, 1.82) is 0 Å². The molecule has 0 aliphatic heterocycles. The summed E-state index contributed by atoms with van der Waals surface area (Å²) in [5.41, 5.74) is 7.47. The van der Waals surface area contributed by atoms with Gasteiger partial charge in [0, 0.05) is 11.6 Å². The van der Waals surface area contributed by atoms with Gasteiger partial charge in [-0.05, 0) is 48.2 Å². The van der Waals surface area contributed by atoms with Crippen LogP contribution in [0.15, 0.2) is 48.5 Å². The monoisotopic (exact) mass is 368 g/mol. The number of rotatable bonds is 4. The second-order valence-corrected chi connectivity index (χ2v) is 6.34. The number of primary amides is 1. The minimum absolute atomic E-state index is 0.205. The van der Waals surface area contributed by atoms with Crippen LogP contribution in [0.2, 0.25) is 0 Å². The Kier molecular flexibility index (Phi) is 7.86. The molecule has 1 fully saturated rings. The van der Waals surface area contributed by atoms with Gasteiger partial charge in [0.05, 0.1) is 0 Å². The highest BCUT2D eigenvalue weighted by Crippen LogP contribution is 2.25. The summed E-state index contributed by atoms with van der Waals surface area (Å²) in [6, 6.07) is 14.5. The van der Waals surface area contributed by atoms with E-state index in [2.05, 4.69) is 5.32 Å². The van der Waals surface area contributed by atoms with Gasteiger partial charge >= 0.3 is 6.09 Å². The molecule has 1 saturated carbocycles. The number of benzene rings is 2. The minimum Gasteiger partial charge on any atom is -0.410 e. The molecule has 1 aliphatic rings. The van der Waals surface area contributed by atoms with Gasteiger partial charge in [-0.25, -0.2) is 4.79 Å². The zero-order valence-electron chi connectivity index (χ0n) is 16.0. The molecule has 0 unspecified atom stereocenters. The van der Waals surface area contributed by atoms with Crippen molar-refractivity contribution in [2.75, 3.05) is 0 Å². The number of hydrogen-bond acceptors (Lipinski definition) is 3. The van der Waals surface area contributed by atoms with Crippen LogP contribution in [-0.2, 0) is 0 Å². The molecular weight excluding hydrogens is 340 g/mol. The predicted molar refractivity (Wildman–Crippen MR) is 108 cm³/mol. The molecule has 3 rings (SSSR count). The molecule has 0 radical (unpaired) electrons. The number of amides is 2. The average molecular weight is 368 g/mol. The van der Waals surface area contributed by atoms with Gasteiger partial charge in [-0.15, -0.1) is 0 Å². The Hall–Kier alpha value is -2.82. The van der Waals surface area contributed by atoms with Crippen molar-refractivity contribution >= 4 is 12.0 Å². The van der Waals surface area contributed by atoms with Crippen molar-refractivity contribution in [3.8, 4) is 16.9 Å². The Labute approximate surface area is 160 Å². The molecule has 144 valence electrons. The molecule has 0 bridgehead atoms. The molecule has 0 spiro atoms. The lowest BCUT2D eigenvalue weighted by Gasteiger charge is -2.22. The third-order valence-electron chi connectivity index (χ3n) is 4.45. The molecule has 2 amide bonds. The van der Waals surface area contributed by atoms with Crippen molar-refractivity contribution in [1.82, 2.24) is 5.32 Å². The van der Waals surface area contributed by atoms with Gasteiger partial charge in [0.25, 0.3) is 0 Å². The van der Waals surface area contributed by atoms with Crippen molar-refractivity contribution in [3.05, 3.63) is 54.1 Å². The number of carbonyl (C=O) groups is 2. The van der Waals surface area contributed by atoms with E-state index in [-0.39, 0.29) is 6.04 Å². The maximum Gasteiger partial charge on any atom is 0.412 e. The van der Waals surface area contributed by atoms with Gasteiger partial charge in [0.1, 0.15) is 5.75 Å². The van der Waals surface area contributed by atoms with Crippen molar-refractivity contribution in [2.24, 2.45) is 5.73 Å². The fourth-order valence-electron chi connectivity index (χ4n) is 3.14. The summed E-state index contributed by atoms with van der Waals surface area (Å²) in [4.78, 5) is 23.4. The van der Waals surface area contributed by atoms with Crippen LogP contribution in [0.25, 0.3) is 11.1 Å². The van der Waals surface area contributed by atoms with E-state index in [9.17, 15) is 9.59 Å². The minimum atomic E-state index is -0.471. The van der Waals surface area contributed by atoms with Crippen LogP contribution in [0.4, 0.5) is 4.79 Å². The zero-order valence-corrected chi connectivity index (χ0v) is 16.0. The molecule has 0 heterocycles. The Morgan fingerprint density at radius 2 is 1.59 bits per heavy atom. The van der Waals surface area contributed by atoms with Crippen molar-refractivity contribution in [2.45, 2.75) is 52.0 Å². The summed E-state index contributed by atoms with van der Waals surface area (Å²) >= 11 is 0. The van der Waals surface area contributed by atoms with Crippen molar-refractivity contribution in [3.63, 3.8) is 0 Å². The lowest BCUT2D eigenvalue weighted by Crippen LogP contribution is -2.37. The average Bonchev–Trinajstić information content (AvgIpc) is 2.70. The van der Waals surface area contributed by atoms with Gasteiger partial charge in [0.15, 0.2) is 0 Å². The normalized spacial score (nSPS) is 13.9. The lowest BCUT2D eigenvalue weighted by atomic mass is 9.96. The molecular formula is C22H28N2O3. The van der Waals surface area contributed by atoms with E-state index in [0.717, 1.165) is 36.8 Å². The third-order valence-corrected chi connectivity index (χ3v) is 4.45. The van der Waals surface area contributed by atoms with Crippen LogP contribution in [0.1, 0.15) is 56.3 Å². The molecule has 1 aliphatic carbocycles. The Morgan fingerprint density at radius 3 is 2.26 bits per heavy atom. The first kappa shape index (κ1) is 20.5. The largest absolute Gasteiger partial charge is 0.412 e. The summed E-state index contributed by atoms with van der Waals surface area (Å²) in [6.07, 6.45) is 5.13. The fourth-order valence-corrected chi connectivity index (χ4v) is 3.14. The van der Waals surface area contributed by atoms with E-state index >= 15 is 0 Å². The van der Waals surface area contributed by atoms with Crippen molar-refractivity contribution < 1.29 is 14.3 Å². The zero-order chi connectivity index (χ0) is 19.6. The number of hydrogen-bond donors (Lipinski definition) is 2. The first-order valence-electron chi connectivity index (χ1n) is 9.60. The Bertz CT molecular complexity index is 768. The van der Waals surface area contributed by atoms with E-state index in [4.69, 9.17) is 10.5 Å². The van der Waals surface area contributed by atoms with E-state index in [0.29, 0.717) is 11.3 Å². The highest BCUT2D eigenvalue weighted by molar-refractivity contribution is 5.94. The van der Waals surface area contributed by atoms with Crippen LogP contribution in [0.5, 0.6) is 5.75 Å². The summed E-state index contributed by atoms with van der Waals surface area (Å²) in [6.45, 7) is 4.00. The van der Waals surface area contributed by atoms with Crippen LogP contribution in [0, 0.1) is 0 Å². The number of nitrogens with one attached hydrogen (secondary N) is 1. The second kappa shape index (κ2) is 10.4. The van der Waals surface area contributed by atoms with Gasteiger partial charge in [-0.1, -0.05) is 57.4 Å². The number of nitrogens with two attached hydrogens (primary N) is 1. The Balaban J connectivity index is 0.00000126. The fraction of sp³-hybridized carbons (Fsp3) is 0.364. The van der Waals surface area contributed by atoms with Crippen LogP contribution < -0.4 is 15.8 Å². The molecule has 2 aromatic rings. The topological polar surface area (TPSA) is 81.4 Å². The highest BCUT2D eigenvalue weighted by Gasteiger charge is 2.16. The predicted octanol–water partition coefficient (Wildman–Crippen LogP) is 4.90. The summed E-state index contributed by atoms with van der Waals surface area (Å²) in [7, 11) is 0. The highest BCUT2D eigenvalue weighted by atomic mass is 16.6. The number of ether oxygens (including phenoxy) is 1. The summed E-state index contributed by atoms with van der Waals surface area (Å²) < 4.78 is 5.42. The van der Waals surface area contributed by atoms with Crippen LogP contribution >= 0.6 is 0 Å². The molecule has 2 aromatic carbocycles. The van der Waals surface area contributed by atoms with Gasteiger partial charge in [-0.3, -0.25) is 4.79 Å². The number of carbonyl (C=O) groups excluding carboxylic acids is 2. The lowest BCUT2D eigenvalue weighted by molar-refractivity contribution is 0.1000. The molecule has 27 heavy (non-hydrogen) atoms. The molecule has 0 atom stereocenters. The van der Waals surface area contributed by atoms with E-state index < -0.39 is 12.0 Å². The third kappa shape index (κ3) is 6.13. The summed E-state index contributed by atoms with van der Waals surface area (Å²) in [5, 5.41) is 2.93. The first-order chi connectivity index (χ1) is 13.1. The van der Waals surface area contributed by atoms with E-state index in [1.165, 1.54) is 6.42 Å². The summed E-state index contributed by atoms with van der Waals surface area (Å²) in [5.74, 6) is -0.00333. The SMILES string of the molecule is CC.NC(=O)c1cccc(-c2cccc(OC(=O)NC3CCCCC3)c2)c1. The molecule has 5 nitrogen and oxygen atoms in total. The molecule has 3 N–H and O–H groups in total. The molecule has 0 saturated heterocycles.